The third-order valence-electron chi connectivity index (χ3n) is 6.24. The summed E-state index contributed by atoms with van der Waals surface area (Å²) in [5.74, 6) is 1.63. The van der Waals surface area contributed by atoms with Crippen LogP contribution in [0.15, 0.2) is 48.5 Å². The second kappa shape index (κ2) is 16.2. The molecule has 0 N–H and O–H groups in total. The lowest BCUT2D eigenvalue weighted by Crippen LogP contribution is -2.30. The molecule has 37 heavy (non-hydrogen) atoms. The van der Waals surface area contributed by atoms with E-state index in [1.807, 2.05) is 76.7 Å². The molecule has 0 heterocycles. The van der Waals surface area contributed by atoms with E-state index in [9.17, 15) is 9.59 Å². The van der Waals surface area contributed by atoms with Crippen molar-refractivity contribution in [3.05, 3.63) is 59.7 Å². The Morgan fingerprint density at radius 2 is 1.00 bits per heavy atom. The summed E-state index contributed by atoms with van der Waals surface area (Å²) in [5, 5.41) is 0. The zero-order valence-corrected chi connectivity index (χ0v) is 23.7. The Morgan fingerprint density at radius 3 is 1.30 bits per heavy atom. The third kappa shape index (κ3) is 10.7. The fourth-order valence-electron chi connectivity index (χ4n) is 4.44. The highest BCUT2D eigenvalue weighted by atomic mass is 16.5. The fraction of sp³-hybridized carbons (Fsp3) is 0.548. The standard InChI is InChI=1S/C31H46N2O4/c1-7-20-36-28-16-12-24(13-17-28)30(34)26(22-32(3)4)10-9-11-27(23-33(5)6)31(35)25-14-18-29(19-15-25)37-21-8-2/h12-19,26-27H,7-11,20-23H2,1-6H3/t26-,27+. The molecule has 2 aromatic rings. The van der Waals surface area contributed by atoms with Gasteiger partial charge in [-0.1, -0.05) is 20.3 Å². The van der Waals surface area contributed by atoms with Crippen LogP contribution in [0.4, 0.5) is 0 Å². The molecular weight excluding hydrogens is 464 g/mol. The van der Waals surface area contributed by atoms with Crippen LogP contribution in [0.1, 0.15) is 66.7 Å². The van der Waals surface area contributed by atoms with Crippen LogP contribution in [0.25, 0.3) is 0 Å². The first-order chi connectivity index (χ1) is 17.7. The van der Waals surface area contributed by atoms with E-state index in [2.05, 4.69) is 23.6 Å². The first-order valence-electron chi connectivity index (χ1n) is 13.6. The quantitative estimate of drug-likeness (QED) is 0.234. The molecule has 6 heteroatoms. The molecular formula is C31H46N2O4. The Morgan fingerprint density at radius 1 is 0.649 bits per heavy atom. The minimum atomic E-state index is -0.123. The Kier molecular flexibility index (Phi) is 13.4. The average Bonchev–Trinajstić information content (AvgIpc) is 2.89. The number of benzene rings is 2. The van der Waals surface area contributed by atoms with E-state index in [4.69, 9.17) is 9.47 Å². The maximum Gasteiger partial charge on any atom is 0.167 e. The first kappa shape index (κ1) is 30.5. The van der Waals surface area contributed by atoms with Gasteiger partial charge in [-0.2, -0.15) is 0 Å². The smallest absolute Gasteiger partial charge is 0.167 e. The Bertz CT molecular complexity index is 861. The topological polar surface area (TPSA) is 59.1 Å². The van der Waals surface area contributed by atoms with Gasteiger partial charge in [0.05, 0.1) is 13.2 Å². The van der Waals surface area contributed by atoms with Crippen LogP contribution in [0.3, 0.4) is 0 Å². The van der Waals surface area contributed by atoms with Crippen molar-refractivity contribution < 1.29 is 19.1 Å². The molecule has 6 nitrogen and oxygen atoms in total. The van der Waals surface area contributed by atoms with Gasteiger partial charge in [-0.05, 0) is 102 Å². The van der Waals surface area contributed by atoms with Gasteiger partial charge < -0.3 is 19.3 Å². The Hall–Kier alpha value is -2.70. The second-order valence-electron chi connectivity index (χ2n) is 10.3. The average molecular weight is 511 g/mol. The van der Waals surface area contributed by atoms with Crippen molar-refractivity contribution in [2.45, 2.75) is 46.0 Å². The van der Waals surface area contributed by atoms with E-state index >= 15 is 0 Å². The number of hydrogen-bond acceptors (Lipinski definition) is 6. The molecule has 0 radical (unpaired) electrons. The van der Waals surface area contributed by atoms with Crippen molar-refractivity contribution in [1.82, 2.24) is 9.80 Å². The highest BCUT2D eigenvalue weighted by Crippen LogP contribution is 2.23. The van der Waals surface area contributed by atoms with Gasteiger partial charge in [0.2, 0.25) is 0 Å². The number of ketones is 2. The van der Waals surface area contributed by atoms with E-state index in [0.29, 0.717) is 37.4 Å². The van der Waals surface area contributed by atoms with Gasteiger partial charge in [0.25, 0.3) is 0 Å². The van der Waals surface area contributed by atoms with Crippen LogP contribution in [0.2, 0.25) is 0 Å². The number of hydrogen-bond donors (Lipinski definition) is 0. The summed E-state index contributed by atoms with van der Waals surface area (Å²) in [6, 6.07) is 15.0. The Labute approximate surface area is 223 Å². The zero-order chi connectivity index (χ0) is 27.2. The van der Waals surface area contributed by atoms with Gasteiger partial charge in [-0.3, -0.25) is 9.59 Å². The minimum absolute atomic E-state index is 0.123. The molecule has 0 spiro atoms. The molecule has 2 aromatic carbocycles. The first-order valence-corrected chi connectivity index (χ1v) is 13.6. The van der Waals surface area contributed by atoms with Gasteiger partial charge >= 0.3 is 0 Å². The maximum absolute atomic E-state index is 13.4. The lowest BCUT2D eigenvalue weighted by Gasteiger charge is -2.23. The van der Waals surface area contributed by atoms with Crippen molar-refractivity contribution in [2.24, 2.45) is 11.8 Å². The van der Waals surface area contributed by atoms with Crippen molar-refractivity contribution in [3.63, 3.8) is 0 Å². The highest BCUT2D eigenvalue weighted by molar-refractivity contribution is 5.98. The predicted octanol–water partition coefficient (Wildman–Crippen LogP) is 5.86. The van der Waals surface area contributed by atoms with E-state index in [-0.39, 0.29) is 23.4 Å². The van der Waals surface area contributed by atoms with Crippen molar-refractivity contribution >= 4 is 11.6 Å². The molecule has 0 saturated heterocycles. The van der Waals surface area contributed by atoms with Gasteiger partial charge in [0, 0.05) is 36.1 Å². The zero-order valence-electron chi connectivity index (χ0n) is 23.7. The Balaban J connectivity index is 2.05. The van der Waals surface area contributed by atoms with Crippen molar-refractivity contribution in [2.75, 3.05) is 54.5 Å². The summed E-state index contributed by atoms with van der Waals surface area (Å²) in [5.41, 5.74) is 1.42. The number of ether oxygens (including phenoxy) is 2. The molecule has 0 aliphatic rings. The van der Waals surface area contributed by atoms with Crippen LogP contribution < -0.4 is 9.47 Å². The lowest BCUT2D eigenvalue weighted by molar-refractivity contribution is 0.0870. The van der Waals surface area contributed by atoms with Crippen LogP contribution in [-0.2, 0) is 0 Å². The van der Waals surface area contributed by atoms with Crippen LogP contribution in [-0.4, -0.2) is 75.9 Å². The normalized spacial score (nSPS) is 13.0. The SMILES string of the molecule is CCCOc1ccc(C(=O)[C@H](CCC[C@@H](CN(C)C)C(=O)c2ccc(OCCC)cc2)CN(C)C)cc1. The van der Waals surface area contributed by atoms with E-state index < -0.39 is 0 Å². The molecule has 2 rings (SSSR count). The molecule has 204 valence electrons. The van der Waals surface area contributed by atoms with Gasteiger partial charge in [0.1, 0.15) is 11.5 Å². The minimum Gasteiger partial charge on any atom is -0.494 e. The summed E-state index contributed by atoms with van der Waals surface area (Å²) < 4.78 is 11.3. The summed E-state index contributed by atoms with van der Waals surface area (Å²) in [7, 11) is 7.98. The number of nitrogens with zero attached hydrogens (tertiary/aromatic N) is 2. The van der Waals surface area contributed by atoms with E-state index in [0.717, 1.165) is 43.6 Å². The number of carbonyl (C=O) groups is 2. The van der Waals surface area contributed by atoms with E-state index in [1.165, 1.54) is 0 Å². The van der Waals surface area contributed by atoms with E-state index in [1.54, 1.807) is 0 Å². The van der Waals surface area contributed by atoms with Crippen molar-refractivity contribution in [1.29, 1.82) is 0 Å². The maximum atomic E-state index is 13.4. The van der Waals surface area contributed by atoms with Crippen LogP contribution >= 0.6 is 0 Å². The molecule has 0 aliphatic heterocycles. The monoisotopic (exact) mass is 510 g/mol. The number of rotatable bonds is 18. The summed E-state index contributed by atoms with van der Waals surface area (Å²) in [6.07, 6.45) is 4.19. The molecule has 0 unspecified atom stereocenters. The molecule has 0 aliphatic carbocycles. The van der Waals surface area contributed by atoms with Gasteiger partial charge in [-0.25, -0.2) is 0 Å². The van der Waals surface area contributed by atoms with Crippen LogP contribution in [0, 0.1) is 11.8 Å². The molecule has 0 amide bonds. The molecule has 0 fully saturated rings. The summed E-state index contributed by atoms with van der Waals surface area (Å²) in [6.45, 7) is 6.83. The highest BCUT2D eigenvalue weighted by Gasteiger charge is 2.24. The largest absolute Gasteiger partial charge is 0.494 e. The number of carbonyl (C=O) groups excluding carboxylic acids is 2. The lowest BCUT2D eigenvalue weighted by atomic mass is 9.87. The molecule has 0 aromatic heterocycles. The van der Waals surface area contributed by atoms with Gasteiger partial charge in [0.15, 0.2) is 11.6 Å². The van der Waals surface area contributed by atoms with Crippen molar-refractivity contribution in [3.8, 4) is 11.5 Å². The predicted molar refractivity (Wildman–Crippen MR) is 151 cm³/mol. The summed E-state index contributed by atoms with van der Waals surface area (Å²) in [4.78, 5) is 30.9. The third-order valence-corrected chi connectivity index (χ3v) is 6.24. The summed E-state index contributed by atoms with van der Waals surface area (Å²) >= 11 is 0. The number of Topliss-reactive ketones (excluding diaryl/α,β-unsaturated/α-hetero) is 2. The fourth-order valence-corrected chi connectivity index (χ4v) is 4.44. The second-order valence-corrected chi connectivity index (χ2v) is 10.3. The van der Waals surface area contributed by atoms with Crippen LogP contribution in [0.5, 0.6) is 11.5 Å². The van der Waals surface area contributed by atoms with Gasteiger partial charge in [-0.15, -0.1) is 0 Å². The molecule has 0 bridgehead atoms. The molecule has 0 saturated carbocycles. The molecule has 2 atom stereocenters.